The zero-order valence-corrected chi connectivity index (χ0v) is 17.4. The number of carbonyl (C=O) groups is 1. The lowest BCUT2D eigenvalue weighted by Crippen LogP contribution is -2.21. The molecule has 3 aromatic rings. The minimum atomic E-state index is -0.234. The maximum absolute atomic E-state index is 12.4. The van der Waals surface area contributed by atoms with Crippen LogP contribution in [0.1, 0.15) is 23.7 Å². The molecule has 2 aromatic carbocycles. The second-order valence-corrected chi connectivity index (χ2v) is 7.05. The molecule has 0 saturated heterocycles. The summed E-state index contributed by atoms with van der Waals surface area (Å²) in [6.07, 6.45) is 2.30. The smallest absolute Gasteiger partial charge is 0.262 e. The van der Waals surface area contributed by atoms with Crippen LogP contribution in [0.5, 0.6) is 5.75 Å². The van der Waals surface area contributed by atoms with Gasteiger partial charge in [-0.3, -0.25) is 4.79 Å². The first-order chi connectivity index (χ1) is 13.9. The summed E-state index contributed by atoms with van der Waals surface area (Å²) in [6.45, 7) is 5.74. The molecule has 0 bridgehead atoms. The summed E-state index contributed by atoms with van der Waals surface area (Å²) in [5, 5.41) is 6.83. The lowest BCUT2D eigenvalue weighted by atomic mass is 10.1. The average molecular weight is 411 g/mol. The molecule has 1 heterocycles. The van der Waals surface area contributed by atoms with Gasteiger partial charge in [-0.25, -0.2) is 9.97 Å². The number of benzene rings is 2. The maximum atomic E-state index is 12.4. The van der Waals surface area contributed by atoms with Crippen molar-refractivity contribution in [3.63, 3.8) is 0 Å². The fourth-order valence-electron chi connectivity index (χ4n) is 2.79. The van der Waals surface area contributed by atoms with Crippen LogP contribution >= 0.6 is 11.6 Å². The van der Waals surface area contributed by atoms with E-state index in [2.05, 4.69) is 20.6 Å². The predicted octanol–water partition coefficient (Wildman–Crippen LogP) is 5.07. The second-order valence-electron chi connectivity index (χ2n) is 6.64. The van der Waals surface area contributed by atoms with Crippen molar-refractivity contribution in [3.05, 3.63) is 70.6 Å². The van der Waals surface area contributed by atoms with E-state index >= 15 is 0 Å². The first-order valence-electron chi connectivity index (χ1n) is 9.32. The summed E-state index contributed by atoms with van der Waals surface area (Å²) in [5.41, 5.74) is 4.37. The Kier molecular flexibility index (Phi) is 6.67. The van der Waals surface area contributed by atoms with Gasteiger partial charge in [-0.05, 0) is 61.7 Å². The van der Waals surface area contributed by atoms with E-state index in [1.165, 1.54) is 6.33 Å². The highest BCUT2D eigenvalue weighted by molar-refractivity contribution is 6.31. The van der Waals surface area contributed by atoms with Gasteiger partial charge in [0.1, 0.15) is 17.9 Å². The van der Waals surface area contributed by atoms with Crippen LogP contribution in [0.25, 0.3) is 0 Å². The van der Waals surface area contributed by atoms with E-state index < -0.39 is 0 Å². The van der Waals surface area contributed by atoms with Crippen LogP contribution in [0, 0.1) is 13.8 Å². The van der Waals surface area contributed by atoms with Crippen molar-refractivity contribution in [1.29, 1.82) is 0 Å². The summed E-state index contributed by atoms with van der Waals surface area (Å²) >= 11 is 6.02. The largest absolute Gasteiger partial charge is 0.484 e. The zero-order chi connectivity index (χ0) is 20.8. The van der Waals surface area contributed by atoms with Crippen LogP contribution in [-0.4, -0.2) is 22.5 Å². The Hall–Kier alpha value is -3.12. The number of amides is 1. The van der Waals surface area contributed by atoms with E-state index in [9.17, 15) is 4.79 Å². The minimum Gasteiger partial charge on any atom is -0.484 e. The van der Waals surface area contributed by atoms with E-state index in [-0.39, 0.29) is 12.5 Å². The SMILES string of the molecule is CCc1ccc(Nc2cc(C)ncn2)cc1NC(=O)COc1ccc(Cl)c(C)c1. The first-order valence-corrected chi connectivity index (χ1v) is 9.70. The fourth-order valence-corrected chi connectivity index (χ4v) is 2.91. The average Bonchev–Trinajstić information content (AvgIpc) is 2.69. The number of ether oxygens (including phenoxy) is 1. The third-order valence-corrected chi connectivity index (χ3v) is 4.76. The number of aromatic nitrogens is 2. The van der Waals surface area contributed by atoms with Crippen LogP contribution < -0.4 is 15.4 Å². The molecular weight excluding hydrogens is 388 g/mol. The van der Waals surface area contributed by atoms with E-state index in [1.54, 1.807) is 18.2 Å². The van der Waals surface area contributed by atoms with Gasteiger partial charge in [-0.2, -0.15) is 0 Å². The van der Waals surface area contributed by atoms with Crippen LogP contribution in [0.4, 0.5) is 17.2 Å². The quantitative estimate of drug-likeness (QED) is 0.568. The summed E-state index contributed by atoms with van der Waals surface area (Å²) in [5.74, 6) is 1.06. The predicted molar refractivity (Wildman–Crippen MR) is 116 cm³/mol. The second kappa shape index (κ2) is 9.39. The molecule has 0 atom stereocenters. The molecule has 0 aliphatic rings. The van der Waals surface area contributed by atoms with Crippen molar-refractivity contribution in [3.8, 4) is 5.75 Å². The van der Waals surface area contributed by atoms with Gasteiger partial charge in [0.15, 0.2) is 6.61 Å². The highest BCUT2D eigenvalue weighted by atomic mass is 35.5. The normalized spacial score (nSPS) is 10.5. The molecule has 3 rings (SSSR count). The third-order valence-electron chi connectivity index (χ3n) is 4.34. The molecule has 29 heavy (non-hydrogen) atoms. The minimum absolute atomic E-state index is 0.0903. The third kappa shape index (κ3) is 5.68. The fraction of sp³-hybridized carbons (Fsp3) is 0.227. The molecule has 2 N–H and O–H groups in total. The van der Waals surface area contributed by atoms with Gasteiger partial charge in [-0.15, -0.1) is 0 Å². The number of anilines is 3. The monoisotopic (exact) mass is 410 g/mol. The summed E-state index contributed by atoms with van der Waals surface area (Å²) in [4.78, 5) is 20.7. The zero-order valence-electron chi connectivity index (χ0n) is 16.6. The van der Waals surface area contributed by atoms with Crippen molar-refractivity contribution in [2.75, 3.05) is 17.2 Å². The van der Waals surface area contributed by atoms with E-state index in [0.717, 1.165) is 34.6 Å². The van der Waals surface area contributed by atoms with Crippen molar-refractivity contribution in [1.82, 2.24) is 9.97 Å². The van der Waals surface area contributed by atoms with E-state index in [1.807, 2.05) is 45.0 Å². The number of aryl methyl sites for hydroxylation is 3. The number of nitrogens with zero attached hydrogens (tertiary/aromatic N) is 2. The van der Waals surface area contributed by atoms with Crippen molar-refractivity contribution in [2.24, 2.45) is 0 Å². The number of halogens is 1. The number of rotatable bonds is 7. The molecule has 7 heteroatoms. The topological polar surface area (TPSA) is 76.1 Å². The van der Waals surface area contributed by atoms with Gasteiger partial charge in [0.25, 0.3) is 5.91 Å². The van der Waals surface area contributed by atoms with Crippen molar-refractivity contribution in [2.45, 2.75) is 27.2 Å². The maximum Gasteiger partial charge on any atom is 0.262 e. The van der Waals surface area contributed by atoms with Crippen LogP contribution in [0.2, 0.25) is 5.02 Å². The molecule has 1 aromatic heterocycles. The number of nitrogens with one attached hydrogen (secondary N) is 2. The molecule has 0 fully saturated rings. The highest BCUT2D eigenvalue weighted by Gasteiger charge is 2.09. The Balaban J connectivity index is 1.68. The summed E-state index contributed by atoms with van der Waals surface area (Å²) in [6, 6.07) is 13.0. The van der Waals surface area contributed by atoms with Crippen LogP contribution in [0.3, 0.4) is 0 Å². The number of hydrogen-bond donors (Lipinski definition) is 2. The molecule has 0 radical (unpaired) electrons. The Morgan fingerprint density at radius 1 is 1.10 bits per heavy atom. The number of hydrogen-bond acceptors (Lipinski definition) is 5. The summed E-state index contributed by atoms with van der Waals surface area (Å²) < 4.78 is 5.59. The Labute approximate surface area is 175 Å². The van der Waals surface area contributed by atoms with Gasteiger partial charge in [0, 0.05) is 28.2 Å². The Morgan fingerprint density at radius 2 is 1.93 bits per heavy atom. The van der Waals surface area contributed by atoms with Crippen molar-refractivity contribution < 1.29 is 9.53 Å². The van der Waals surface area contributed by atoms with E-state index in [4.69, 9.17) is 16.3 Å². The lowest BCUT2D eigenvalue weighted by molar-refractivity contribution is -0.118. The molecule has 0 aliphatic carbocycles. The molecule has 1 amide bonds. The molecule has 6 nitrogen and oxygen atoms in total. The molecule has 0 unspecified atom stereocenters. The molecular formula is C22H23ClN4O2. The van der Waals surface area contributed by atoms with Gasteiger partial charge >= 0.3 is 0 Å². The first kappa shape index (κ1) is 20.6. The van der Waals surface area contributed by atoms with Gasteiger partial charge in [-0.1, -0.05) is 24.6 Å². The molecule has 150 valence electrons. The lowest BCUT2D eigenvalue weighted by Gasteiger charge is -2.14. The number of carbonyl (C=O) groups excluding carboxylic acids is 1. The highest BCUT2D eigenvalue weighted by Crippen LogP contribution is 2.24. The van der Waals surface area contributed by atoms with Gasteiger partial charge < -0.3 is 15.4 Å². The Bertz CT molecular complexity index is 1020. The van der Waals surface area contributed by atoms with Crippen LogP contribution in [0.15, 0.2) is 48.8 Å². The van der Waals surface area contributed by atoms with E-state index in [0.29, 0.717) is 16.6 Å². The molecule has 0 saturated carbocycles. The molecule has 0 spiro atoms. The van der Waals surface area contributed by atoms with Crippen molar-refractivity contribution >= 4 is 34.7 Å². The van der Waals surface area contributed by atoms with Gasteiger partial charge in [0.05, 0.1) is 0 Å². The standard InChI is InChI=1S/C22H23ClN4O2/c1-4-16-5-6-17(26-21-10-15(3)24-13-25-21)11-20(16)27-22(28)12-29-18-7-8-19(23)14(2)9-18/h5-11,13H,4,12H2,1-3H3,(H,27,28)(H,24,25,26). The molecule has 0 aliphatic heterocycles. The summed E-state index contributed by atoms with van der Waals surface area (Å²) in [7, 11) is 0. The Morgan fingerprint density at radius 3 is 2.66 bits per heavy atom. The van der Waals surface area contributed by atoms with Crippen LogP contribution in [-0.2, 0) is 11.2 Å². The van der Waals surface area contributed by atoms with Gasteiger partial charge in [0.2, 0.25) is 0 Å².